The van der Waals surface area contributed by atoms with Gasteiger partial charge in [-0.1, -0.05) is 108 Å². The van der Waals surface area contributed by atoms with E-state index in [2.05, 4.69) is 83.6 Å². The zero-order chi connectivity index (χ0) is 100. The van der Waals surface area contributed by atoms with Crippen molar-refractivity contribution in [2.24, 2.45) is 40.7 Å². The van der Waals surface area contributed by atoms with Gasteiger partial charge in [0, 0.05) is 198 Å². The number of allylic oxidation sites excluding steroid dienone is 6. The summed E-state index contributed by atoms with van der Waals surface area (Å²) in [5.41, 5.74) is 14.2. The summed E-state index contributed by atoms with van der Waals surface area (Å²) in [5, 5.41) is 62.6. The summed E-state index contributed by atoms with van der Waals surface area (Å²) in [4.78, 5) is 140. The number of aliphatic hydroxyl groups excluding tert-OH is 3. The summed E-state index contributed by atoms with van der Waals surface area (Å²) < 4.78 is 43.2. The van der Waals surface area contributed by atoms with Crippen LogP contribution in [0.5, 0.6) is 0 Å². The van der Waals surface area contributed by atoms with Gasteiger partial charge in [0.1, 0.15) is 48.0 Å². The normalized spacial score (nSPS) is 27.4. The van der Waals surface area contributed by atoms with Crippen LogP contribution in [0, 0.1) is 35.5 Å². The number of nitrogens with one attached hydrogen (secondary N) is 2. The van der Waals surface area contributed by atoms with Gasteiger partial charge in [0.2, 0.25) is 23.6 Å². The first kappa shape index (κ1) is 110. The Morgan fingerprint density at radius 1 is 0.714 bits per heavy atom. The number of amides is 3. The third-order valence-corrected chi connectivity index (χ3v) is 28.1. The number of cyclic esters (lactones) is 1. The minimum atomic E-state index is -2.44. The highest BCUT2D eigenvalue weighted by atomic mass is 16.6. The zero-order valence-electron chi connectivity index (χ0n) is 84.1. The van der Waals surface area contributed by atoms with E-state index in [9.17, 15) is 54.0 Å². The number of carbonyl (C=O) groups is 7. The number of esters is 1. The van der Waals surface area contributed by atoms with Crippen LogP contribution in [-0.4, -0.2) is 321 Å². The minimum absolute atomic E-state index is 0.00840. The summed E-state index contributed by atoms with van der Waals surface area (Å²) in [5.74, 6) is -5.66. The summed E-state index contributed by atoms with van der Waals surface area (Å²) in [6, 6.07) is 0.965. The maximum Gasteiger partial charge on any atom is 0.329 e. The van der Waals surface area contributed by atoms with Crippen molar-refractivity contribution in [1.82, 2.24) is 70.0 Å². The quantitative estimate of drug-likeness (QED) is 0.00496. The number of unbranched alkanes of at least 4 members (excludes halogenated alkanes) is 4. The van der Waals surface area contributed by atoms with E-state index >= 15 is 0 Å². The smallest absolute Gasteiger partial charge is 0.329 e. The highest BCUT2D eigenvalue weighted by Crippen LogP contribution is 2.40. The molecule has 16 atom stereocenters. The lowest BCUT2D eigenvalue weighted by Crippen LogP contribution is -2.61. The Hall–Kier alpha value is -10.2. The number of Topliss-reactive ketones (excluding diaryl/α,β-unsaturated/α-hetero) is 3. The van der Waals surface area contributed by atoms with Gasteiger partial charge in [-0.05, 0) is 145 Å². The number of nitrogens with zero attached hydrogens (tertiary/aromatic N) is 15. The summed E-state index contributed by atoms with van der Waals surface area (Å²) in [6.07, 6.45) is 31.9. The largest absolute Gasteiger partial charge is 0.460 e. The number of hydrogen-bond donors (Lipinski definition) is 7. The van der Waals surface area contributed by atoms with Crippen LogP contribution in [0.3, 0.4) is 0 Å². The number of fused-ring (bicyclic) bond motifs is 5. The Labute approximate surface area is 823 Å². The topological polar surface area (TPSA) is 461 Å². The fraction of sp³-hybridized carbons (Fsp3) is 0.650. The van der Waals surface area contributed by atoms with Crippen molar-refractivity contribution >= 4 is 81.6 Å². The van der Waals surface area contributed by atoms with Gasteiger partial charge in [0.15, 0.2) is 18.0 Å². The first-order chi connectivity index (χ1) is 67.5. The van der Waals surface area contributed by atoms with Crippen LogP contribution in [0.15, 0.2) is 102 Å². The van der Waals surface area contributed by atoms with Gasteiger partial charge in [-0.15, -0.1) is 0 Å². The van der Waals surface area contributed by atoms with Gasteiger partial charge in [-0.25, -0.2) is 39.4 Å². The number of oxime groups is 1. The maximum absolute atomic E-state index is 14.6. The van der Waals surface area contributed by atoms with Gasteiger partial charge in [0.25, 0.3) is 17.6 Å². The molecule has 0 spiro atoms. The van der Waals surface area contributed by atoms with Crippen molar-refractivity contribution in [3.05, 3.63) is 119 Å². The average molecular weight is 1950 g/mol. The zero-order valence-corrected chi connectivity index (χ0v) is 84.1. The summed E-state index contributed by atoms with van der Waals surface area (Å²) >= 11 is 0. The maximum atomic E-state index is 14.6. The molecule has 2 bridgehead atoms. The Balaban J connectivity index is 0.000000274. The van der Waals surface area contributed by atoms with E-state index in [0.29, 0.717) is 138 Å². The molecule has 5 fully saturated rings. The molecule has 768 valence electrons. The van der Waals surface area contributed by atoms with Crippen molar-refractivity contribution < 1.29 is 92.0 Å². The molecule has 10 heterocycles. The second kappa shape index (κ2) is 55.5. The van der Waals surface area contributed by atoms with E-state index in [1.807, 2.05) is 93.3 Å². The molecule has 140 heavy (non-hydrogen) atoms. The number of methoxy groups -OCH3 is 3. The number of nitrogens with two attached hydrogens (primary N) is 1. The Kier molecular flexibility index (Phi) is 43.7. The highest BCUT2D eigenvalue weighted by molar-refractivity contribution is 6.39. The number of ketones is 3. The van der Waals surface area contributed by atoms with Crippen LogP contribution >= 0.6 is 0 Å². The molecule has 4 saturated heterocycles. The van der Waals surface area contributed by atoms with Crippen LogP contribution in [0.1, 0.15) is 211 Å². The van der Waals surface area contributed by atoms with Gasteiger partial charge < -0.3 is 94.4 Å². The number of piperidine rings is 1. The lowest BCUT2D eigenvalue weighted by molar-refractivity contribution is -0.265. The molecular formula is C103H152N18O19. The van der Waals surface area contributed by atoms with Gasteiger partial charge in [-0.2, -0.15) is 5.10 Å². The number of nitrogen functional groups attached to an aromatic ring is 1. The predicted octanol–water partition coefficient (Wildman–Crippen LogP) is 9.33. The number of piperazine rings is 2. The third-order valence-electron chi connectivity index (χ3n) is 28.1. The van der Waals surface area contributed by atoms with Crippen LogP contribution < -0.4 is 26.2 Å². The number of carbonyl (C=O) groups excluding carboxylic acids is 7. The Morgan fingerprint density at radius 2 is 1.43 bits per heavy atom. The first-order valence-electron chi connectivity index (χ1n) is 50.3. The SMILES string of the molecule is CNCc1cnc(N2CCN(C(=O)CCOCCN3CCN(c4ncc(C(=O)CCCCCCCn5nc(-c6cnc7c(c6)C=CC7)c6c(N)ncnc65)cn4)CC3)CC2)nc1.CO[C@H]1C[C@@H]2CC[C@@H](C)[C@@](O)(O2)C(=O)C(=O)N2CCCC[C@H]2C(=O)O[C@H]([C@H](C)C[C@@H]2CC[C@@H](O)[C@H](OC)C2)C[C@@H](O)[C@H](C)/C=C(\C)[C@@H](O)[C@@H](OC)C(=NOCC(=O)NCCOCCC(C)=O)[C@H](C)C[C@H](C)/C=C/C=C/C=C/1C. The van der Waals surface area contributed by atoms with Crippen LogP contribution in [0.25, 0.3) is 28.4 Å². The molecule has 8 N–H and O–H groups in total. The number of aliphatic hydroxyl groups is 4. The third kappa shape index (κ3) is 31.7. The van der Waals surface area contributed by atoms with Crippen LogP contribution in [-0.2, 0) is 86.3 Å². The van der Waals surface area contributed by atoms with E-state index in [1.54, 1.807) is 53.5 Å². The van der Waals surface area contributed by atoms with Crippen molar-refractivity contribution in [2.75, 3.05) is 149 Å². The summed E-state index contributed by atoms with van der Waals surface area (Å²) in [7, 11) is 6.49. The lowest BCUT2D eigenvalue weighted by Gasteiger charge is -2.43. The van der Waals surface area contributed by atoms with E-state index in [-0.39, 0.29) is 92.8 Å². The number of aryl methyl sites for hydroxylation is 1. The molecule has 5 aromatic heterocycles. The molecule has 5 aliphatic heterocycles. The van der Waals surface area contributed by atoms with Crippen LogP contribution in [0.2, 0.25) is 0 Å². The molecule has 7 aliphatic rings. The molecule has 1 saturated carbocycles. The highest BCUT2D eigenvalue weighted by Gasteiger charge is 2.53. The Bertz CT molecular complexity index is 5020. The fourth-order valence-electron chi connectivity index (χ4n) is 19.5. The molecule has 2 aliphatic carbocycles. The van der Waals surface area contributed by atoms with E-state index < -0.39 is 96.6 Å². The van der Waals surface area contributed by atoms with E-state index in [0.717, 1.165) is 142 Å². The molecule has 37 heteroatoms. The number of aromatic nitrogens is 9. The fourth-order valence-corrected chi connectivity index (χ4v) is 19.5. The molecule has 37 nitrogen and oxygen atoms in total. The van der Waals surface area contributed by atoms with Crippen molar-refractivity contribution in [2.45, 2.75) is 264 Å². The average Bonchev–Trinajstić information content (AvgIpc) is 0.991. The van der Waals surface area contributed by atoms with Gasteiger partial charge in [0.05, 0.1) is 85.7 Å². The van der Waals surface area contributed by atoms with E-state index in [4.69, 9.17) is 48.8 Å². The van der Waals surface area contributed by atoms with Crippen molar-refractivity contribution in [1.29, 1.82) is 0 Å². The molecule has 3 amide bonds. The number of ether oxygens (including phenoxy) is 7. The molecular weight excluding hydrogens is 1790 g/mol. The number of anilines is 3. The molecule has 0 aromatic carbocycles. The predicted molar refractivity (Wildman–Crippen MR) is 531 cm³/mol. The molecule has 0 unspecified atom stereocenters. The molecule has 12 rings (SSSR count). The Morgan fingerprint density at radius 3 is 2.15 bits per heavy atom. The summed E-state index contributed by atoms with van der Waals surface area (Å²) in [6.45, 7) is 24.2. The number of pyridine rings is 1. The standard InChI is InChI=1S/C59H95N3O16.C44H57N15O3/c1-36-17-13-12-14-18-37(2)49(72-9)33-45-22-20-42(7)59(71,78-45)56(68)57(69)62-26-16-15-19-46(62)58(70)77-50(39(4)31-44-21-23-47(64)51(32-44)73-10)34-48(65)38(3)30-41(6)54(67)55(74-11)53(40(5)29-36)61-76-35-52(66)60-25-28-75-27-24-43(8)63;1-46-25-32-26-48-43(49-27-32)58-19-17-56(18-20-58)38(61)11-22-62-23-21-55-13-15-57(16-14-55)44-50-29-35(30-51-44)37(60)10-5-3-2-4-6-12-59-42-39(41(45)52-31-53-42)40(54-59)34-24-33-8-7-9-36(33)47-28-34/h12-14,17-18,30,36,38-40,42,44-51,54-55,64-65,67,71H,15-16,19-29,31-35H2,1-11H3,(H,60,66);7-8,24,26-31,46H,2-6,9-23,25H2,1H3,(H2,45,52,53)/b14-12+,17-13+,37-18+,41-30+,61-53?;/t36-,38-,39-,40-,42-,44+,45+,46+,47-,48-,49+,50+,51-,54-,55+,59-;/m1./s1. The second-order valence-electron chi connectivity index (χ2n) is 38.7. The lowest BCUT2D eigenvalue weighted by atomic mass is 9.78. The first-order valence-corrected chi connectivity index (χ1v) is 50.3. The van der Waals surface area contributed by atoms with Crippen LogP contribution in [0.4, 0.5) is 17.7 Å². The van der Waals surface area contributed by atoms with Crippen molar-refractivity contribution in [3.8, 4) is 11.3 Å². The number of rotatable bonds is 35. The molecule has 0 radical (unpaired) electrons. The molecule has 5 aromatic rings. The minimum Gasteiger partial charge on any atom is -0.460 e. The second-order valence-corrected chi connectivity index (χ2v) is 38.7. The van der Waals surface area contributed by atoms with Crippen molar-refractivity contribution in [3.63, 3.8) is 0 Å². The number of hydrogen-bond acceptors (Lipinski definition) is 33. The monoisotopic (exact) mass is 1950 g/mol. The van der Waals surface area contributed by atoms with Gasteiger partial charge in [-0.3, -0.25) is 38.7 Å². The van der Waals surface area contributed by atoms with Gasteiger partial charge >= 0.3 is 5.97 Å². The van der Waals surface area contributed by atoms with E-state index in [1.165, 1.54) is 25.3 Å².